The molecule has 0 atom stereocenters. The summed E-state index contributed by atoms with van der Waals surface area (Å²) in [5, 5.41) is 4.54. The summed E-state index contributed by atoms with van der Waals surface area (Å²) in [4.78, 5) is 11.6. The van der Waals surface area contributed by atoms with Gasteiger partial charge in [0, 0.05) is 11.8 Å². The van der Waals surface area contributed by atoms with Crippen LogP contribution in [0.15, 0.2) is 40.8 Å². The molecule has 1 heterocycles. The van der Waals surface area contributed by atoms with E-state index in [9.17, 15) is 18.0 Å². The molecule has 106 valence electrons. The molecule has 0 aliphatic rings. The Bertz CT molecular complexity index is 606. The van der Waals surface area contributed by atoms with Gasteiger partial charge in [0.1, 0.15) is 5.76 Å². The van der Waals surface area contributed by atoms with Crippen molar-refractivity contribution in [2.75, 3.05) is 10.6 Å². The molecule has 0 aliphatic heterocycles. The van der Waals surface area contributed by atoms with E-state index in [0.29, 0.717) is 5.69 Å². The van der Waals surface area contributed by atoms with Crippen LogP contribution in [-0.2, 0) is 6.18 Å². The van der Waals surface area contributed by atoms with Crippen LogP contribution in [0.5, 0.6) is 0 Å². The molecule has 0 aliphatic carbocycles. The van der Waals surface area contributed by atoms with Crippen LogP contribution in [0, 0.1) is 6.92 Å². The Balaban J connectivity index is 2.12. The smallest absolute Gasteiger partial charge is 0.451 e. The normalized spacial score (nSPS) is 11.2. The van der Waals surface area contributed by atoms with Crippen molar-refractivity contribution >= 4 is 17.4 Å². The number of hydrogen-bond donors (Lipinski definition) is 2. The van der Waals surface area contributed by atoms with Gasteiger partial charge in [-0.05, 0) is 19.1 Å². The second kappa shape index (κ2) is 5.28. The third-order valence-electron chi connectivity index (χ3n) is 2.39. The van der Waals surface area contributed by atoms with Crippen LogP contribution in [0.3, 0.4) is 0 Å². The van der Waals surface area contributed by atoms with E-state index in [-0.39, 0.29) is 5.76 Å². The summed E-state index contributed by atoms with van der Waals surface area (Å²) in [6, 6.07) is 8.72. The van der Waals surface area contributed by atoms with Crippen LogP contribution in [0.2, 0.25) is 0 Å². The lowest BCUT2D eigenvalue weighted by molar-refractivity contribution is -0.152. The number of anilines is 2. The predicted molar refractivity (Wildman–Crippen MR) is 67.5 cm³/mol. The number of aryl methyl sites for hydroxylation is 1. The van der Waals surface area contributed by atoms with Crippen LogP contribution >= 0.6 is 0 Å². The summed E-state index contributed by atoms with van der Waals surface area (Å²) in [6.45, 7) is 1.37. The average Bonchev–Trinajstić information content (AvgIpc) is 2.71. The first kappa shape index (κ1) is 14.0. The van der Waals surface area contributed by atoms with Crippen molar-refractivity contribution in [3.05, 3.63) is 47.9 Å². The molecule has 0 radical (unpaired) electrons. The van der Waals surface area contributed by atoms with Gasteiger partial charge in [-0.1, -0.05) is 18.2 Å². The highest BCUT2D eigenvalue weighted by atomic mass is 19.4. The van der Waals surface area contributed by atoms with Crippen LogP contribution < -0.4 is 10.6 Å². The van der Waals surface area contributed by atoms with Gasteiger partial charge in [0.15, 0.2) is 0 Å². The first-order chi connectivity index (χ1) is 9.36. The van der Waals surface area contributed by atoms with E-state index in [1.807, 2.05) is 0 Å². The van der Waals surface area contributed by atoms with Crippen LogP contribution in [0.4, 0.5) is 29.3 Å². The van der Waals surface area contributed by atoms with Gasteiger partial charge in [-0.15, -0.1) is 0 Å². The molecule has 0 unspecified atom stereocenters. The highest BCUT2D eigenvalue weighted by Gasteiger charge is 2.38. The minimum atomic E-state index is -4.66. The lowest BCUT2D eigenvalue weighted by atomic mass is 10.3. The number of hydrogen-bond acceptors (Lipinski definition) is 2. The van der Waals surface area contributed by atoms with E-state index in [2.05, 4.69) is 15.1 Å². The van der Waals surface area contributed by atoms with E-state index in [0.717, 1.165) is 6.07 Å². The van der Waals surface area contributed by atoms with Gasteiger partial charge in [0.05, 0.1) is 5.69 Å². The van der Waals surface area contributed by atoms with Gasteiger partial charge in [-0.2, -0.15) is 13.2 Å². The lowest BCUT2D eigenvalue weighted by Gasteiger charge is -2.09. The Morgan fingerprint density at radius 2 is 1.80 bits per heavy atom. The van der Waals surface area contributed by atoms with Gasteiger partial charge in [0.2, 0.25) is 5.76 Å². The largest absolute Gasteiger partial charge is 0.455 e. The Kier molecular flexibility index (Phi) is 3.69. The fourth-order valence-electron chi connectivity index (χ4n) is 1.62. The van der Waals surface area contributed by atoms with Crippen molar-refractivity contribution in [2.24, 2.45) is 0 Å². The maximum Gasteiger partial charge on any atom is 0.451 e. The second-order valence-corrected chi connectivity index (χ2v) is 4.04. The molecule has 1 aromatic heterocycles. The number of rotatable bonds is 2. The van der Waals surface area contributed by atoms with Gasteiger partial charge in [-0.3, -0.25) is 0 Å². The van der Waals surface area contributed by atoms with Gasteiger partial charge in [-0.25, -0.2) is 4.79 Å². The fourth-order valence-corrected chi connectivity index (χ4v) is 1.62. The molecule has 1 aromatic carbocycles. The Hall–Kier alpha value is -2.44. The summed E-state index contributed by atoms with van der Waals surface area (Å²) in [7, 11) is 0. The summed E-state index contributed by atoms with van der Waals surface area (Å²) >= 11 is 0. The third kappa shape index (κ3) is 3.31. The van der Waals surface area contributed by atoms with Crippen molar-refractivity contribution in [1.82, 2.24) is 0 Å². The number of benzene rings is 1. The van der Waals surface area contributed by atoms with Crippen molar-refractivity contribution < 1.29 is 22.4 Å². The van der Waals surface area contributed by atoms with Crippen LogP contribution in [0.25, 0.3) is 0 Å². The number of alkyl halides is 3. The monoisotopic (exact) mass is 284 g/mol. The molecule has 2 rings (SSSR count). The molecule has 7 heteroatoms. The topological polar surface area (TPSA) is 54.3 Å². The van der Waals surface area contributed by atoms with Crippen molar-refractivity contribution in [2.45, 2.75) is 13.1 Å². The number of urea groups is 1. The minimum absolute atomic E-state index is 0.0623. The predicted octanol–water partition coefficient (Wildman–Crippen LogP) is 4.25. The number of furan rings is 1. The number of para-hydroxylation sites is 1. The molecule has 0 spiro atoms. The quantitative estimate of drug-likeness (QED) is 0.866. The molecule has 0 bridgehead atoms. The minimum Gasteiger partial charge on any atom is -0.455 e. The first-order valence-electron chi connectivity index (χ1n) is 5.67. The third-order valence-corrected chi connectivity index (χ3v) is 2.39. The van der Waals surface area contributed by atoms with Crippen molar-refractivity contribution in [1.29, 1.82) is 0 Å². The maximum atomic E-state index is 12.7. The molecule has 2 aromatic rings. The van der Waals surface area contributed by atoms with Crippen molar-refractivity contribution in [3.8, 4) is 0 Å². The van der Waals surface area contributed by atoms with E-state index in [1.54, 1.807) is 30.3 Å². The van der Waals surface area contributed by atoms with E-state index < -0.39 is 23.7 Å². The summed E-state index contributed by atoms with van der Waals surface area (Å²) in [5.74, 6) is -1.16. The van der Waals surface area contributed by atoms with Gasteiger partial charge >= 0.3 is 12.2 Å². The molecule has 4 nitrogen and oxygen atoms in total. The number of carbonyl (C=O) groups is 1. The highest BCUT2D eigenvalue weighted by molar-refractivity contribution is 6.00. The van der Waals surface area contributed by atoms with Crippen molar-refractivity contribution in [3.63, 3.8) is 0 Å². The number of amides is 2. The molecule has 2 amide bonds. The summed E-state index contributed by atoms with van der Waals surface area (Å²) < 4.78 is 42.6. The van der Waals surface area contributed by atoms with Gasteiger partial charge in [0.25, 0.3) is 0 Å². The molecule has 0 saturated carbocycles. The standard InChI is InChI=1S/C13H11F3N2O2/c1-8-7-10(11(20-8)13(14,15)16)18-12(19)17-9-5-3-2-4-6-9/h2-7H,1H3,(H2,17,18,19). The maximum absolute atomic E-state index is 12.7. The van der Waals surface area contributed by atoms with Crippen LogP contribution in [-0.4, -0.2) is 6.03 Å². The first-order valence-corrected chi connectivity index (χ1v) is 5.67. The van der Waals surface area contributed by atoms with E-state index in [1.165, 1.54) is 6.92 Å². The van der Waals surface area contributed by atoms with Crippen LogP contribution in [0.1, 0.15) is 11.5 Å². The highest BCUT2D eigenvalue weighted by Crippen LogP contribution is 2.37. The molecule has 0 fully saturated rings. The van der Waals surface area contributed by atoms with Gasteiger partial charge < -0.3 is 15.1 Å². The Morgan fingerprint density at radius 3 is 2.40 bits per heavy atom. The number of carbonyl (C=O) groups excluding carboxylic acids is 1. The zero-order valence-electron chi connectivity index (χ0n) is 10.4. The Morgan fingerprint density at radius 1 is 1.15 bits per heavy atom. The fraction of sp³-hybridized carbons (Fsp3) is 0.154. The SMILES string of the molecule is Cc1cc(NC(=O)Nc2ccccc2)c(C(F)(F)F)o1. The zero-order chi connectivity index (χ0) is 14.8. The summed E-state index contributed by atoms with van der Waals surface area (Å²) in [6.07, 6.45) is -4.66. The second-order valence-electron chi connectivity index (χ2n) is 4.04. The Labute approximate surface area is 112 Å². The van der Waals surface area contributed by atoms with E-state index >= 15 is 0 Å². The number of halogens is 3. The molecule has 2 N–H and O–H groups in total. The lowest BCUT2D eigenvalue weighted by Crippen LogP contribution is -2.21. The molecular weight excluding hydrogens is 273 g/mol. The summed E-state index contributed by atoms with van der Waals surface area (Å²) in [5.41, 5.74) is 0.0576. The van der Waals surface area contributed by atoms with E-state index in [4.69, 9.17) is 0 Å². The molecular formula is C13H11F3N2O2. The zero-order valence-corrected chi connectivity index (χ0v) is 10.4. The molecule has 20 heavy (non-hydrogen) atoms. The number of nitrogens with one attached hydrogen (secondary N) is 2. The average molecular weight is 284 g/mol. The molecule has 0 saturated heterocycles.